The molecule has 5 rings (SSSR count). The van der Waals surface area contributed by atoms with E-state index in [4.69, 9.17) is 11.4 Å². The van der Waals surface area contributed by atoms with Crippen LogP contribution < -0.4 is 20.9 Å². The Morgan fingerprint density at radius 2 is 1.97 bits per heavy atom. The molecule has 2 aliphatic heterocycles. The molecule has 7 nitrogen and oxygen atoms in total. The topological polar surface area (TPSA) is 77.2 Å². The summed E-state index contributed by atoms with van der Waals surface area (Å²) in [6, 6.07) is 12.1. The van der Waals surface area contributed by atoms with E-state index in [0.29, 0.717) is 35.0 Å². The molecular weight excluding hydrogens is 491 g/mol. The first-order valence-electron chi connectivity index (χ1n) is 13.4. The molecule has 0 bridgehead atoms. The number of nitrogens with one attached hydrogen (secondary N) is 1. The van der Waals surface area contributed by atoms with E-state index in [1.807, 2.05) is 43.2 Å². The van der Waals surface area contributed by atoms with Crippen LogP contribution in [0.1, 0.15) is 55.7 Å². The van der Waals surface area contributed by atoms with Crippen LogP contribution in [0, 0.1) is 41.8 Å². The first kappa shape index (κ1) is 26.5. The molecule has 200 valence electrons. The zero-order valence-corrected chi connectivity index (χ0v) is 22.7. The number of hydrogen-bond acceptors (Lipinski definition) is 6. The summed E-state index contributed by atoms with van der Waals surface area (Å²) in [5, 5.41) is 11.2. The number of nitriles is 1. The van der Waals surface area contributed by atoms with E-state index in [1.165, 1.54) is 12.1 Å². The number of fused-ring (bicyclic) bond motifs is 1. The highest BCUT2D eigenvalue weighted by molar-refractivity contribution is 5.66. The Labute approximate surface area is 228 Å². The maximum absolute atomic E-state index is 14.8. The van der Waals surface area contributed by atoms with E-state index in [2.05, 4.69) is 23.2 Å². The van der Waals surface area contributed by atoms with Crippen molar-refractivity contribution in [3.63, 3.8) is 0 Å². The maximum Gasteiger partial charge on any atom is 0.263 e. The second kappa shape index (κ2) is 10.6. The van der Waals surface area contributed by atoms with E-state index >= 15 is 0 Å². The molecule has 39 heavy (non-hydrogen) atoms. The first-order valence-corrected chi connectivity index (χ1v) is 13.4. The van der Waals surface area contributed by atoms with Crippen molar-refractivity contribution >= 4 is 11.5 Å². The zero-order valence-electron chi connectivity index (χ0n) is 22.7. The van der Waals surface area contributed by atoms with Gasteiger partial charge < -0.3 is 9.91 Å². The van der Waals surface area contributed by atoms with Gasteiger partial charge in [-0.05, 0) is 73.6 Å². The Bertz CT molecular complexity index is 1550. The quantitative estimate of drug-likeness (QED) is 0.453. The van der Waals surface area contributed by atoms with Crippen LogP contribution >= 0.6 is 0 Å². The molecule has 0 atom stereocenters. The number of benzene rings is 2. The molecule has 0 saturated carbocycles. The van der Waals surface area contributed by atoms with Gasteiger partial charge in [0.05, 0.1) is 22.5 Å². The van der Waals surface area contributed by atoms with Crippen molar-refractivity contribution in [3.8, 4) is 35.5 Å². The van der Waals surface area contributed by atoms with Crippen LogP contribution in [0.15, 0.2) is 41.2 Å². The lowest BCUT2D eigenvalue weighted by atomic mass is 9.73. The molecule has 2 aromatic carbocycles. The normalized spacial score (nSPS) is 16.1. The molecule has 0 radical (unpaired) electrons. The number of rotatable bonds is 6. The molecule has 0 aliphatic carbocycles. The summed E-state index contributed by atoms with van der Waals surface area (Å²) in [7, 11) is 1.95. The average Bonchev–Trinajstić information content (AvgIpc) is 3.33. The smallest absolute Gasteiger partial charge is 0.263 e. The van der Waals surface area contributed by atoms with Gasteiger partial charge in [0.15, 0.2) is 0 Å². The highest BCUT2D eigenvalue weighted by Crippen LogP contribution is 2.40. The summed E-state index contributed by atoms with van der Waals surface area (Å²) < 4.78 is 16.3. The molecule has 2 aliphatic rings. The number of piperidine rings is 1. The highest BCUT2D eigenvalue weighted by atomic mass is 19.1. The monoisotopic (exact) mass is 524 g/mol. The van der Waals surface area contributed by atoms with Crippen molar-refractivity contribution in [2.24, 2.45) is 5.41 Å². The number of hydrogen-bond donors (Lipinski definition) is 1. The van der Waals surface area contributed by atoms with Gasteiger partial charge in [-0.15, -0.1) is 12.3 Å². The molecule has 1 fully saturated rings. The lowest BCUT2D eigenvalue weighted by molar-refractivity contribution is 0.192. The summed E-state index contributed by atoms with van der Waals surface area (Å²) in [6.07, 6.45) is 10.3. The van der Waals surface area contributed by atoms with Crippen LogP contribution in [0.5, 0.6) is 0 Å². The second-order valence-electron chi connectivity index (χ2n) is 10.6. The summed E-state index contributed by atoms with van der Waals surface area (Å²) in [5.41, 5.74) is 6.97. The largest absolute Gasteiger partial charge is 0.356 e. The third-order valence-electron chi connectivity index (χ3n) is 8.49. The molecule has 8 heteroatoms. The van der Waals surface area contributed by atoms with Gasteiger partial charge >= 0.3 is 0 Å². The van der Waals surface area contributed by atoms with Crippen LogP contribution in [-0.2, 0) is 6.54 Å². The van der Waals surface area contributed by atoms with Gasteiger partial charge in [0.2, 0.25) is 0 Å². The third-order valence-corrected chi connectivity index (χ3v) is 8.49. The number of halogens is 1. The van der Waals surface area contributed by atoms with Gasteiger partial charge in [-0.2, -0.15) is 5.26 Å². The van der Waals surface area contributed by atoms with Crippen molar-refractivity contribution in [2.75, 3.05) is 30.0 Å². The lowest BCUT2D eigenvalue weighted by Crippen LogP contribution is -2.42. The van der Waals surface area contributed by atoms with E-state index in [0.717, 1.165) is 56.4 Å². The Morgan fingerprint density at radius 3 is 2.64 bits per heavy atom. The second-order valence-corrected chi connectivity index (χ2v) is 10.6. The molecule has 1 saturated heterocycles. The predicted molar refractivity (Wildman–Crippen MR) is 152 cm³/mol. The first-order chi connectivity index (χ1) is 18.8. The summed E-state index contributed by atoms with van der Waals surface area (Å²) in [5.74, 6) is 3.12. The van der Waals surface area contributed by atoms with Crippen LogP contribution in [0.3, 0.4) is 0 Å². The maximum atomic E-state index is 14.8. The van der Waals surface area contributed by atoms with E-state index < -0.39 is 5.82 Å². The van der Waals surface area contributed by atoms with Gasteiger partial charge in [0.25, 0.3) is 5.56 Å². The fourth-order valence-electron chi connectivity index (χ4n) is 5.86. The molecule has 0 amide bonds. The van der Waals surface area contributed by atoms with Gasteiger partial charge in [-0.25, -0.2) is 14.8 Å². The SMILES string of the molecule is C#CCCC1(CC)CCN(c2nc(-c3ccc(C#N)c(F)c3)n(-c3ccc4c(c3)CNN4C)c(=O)c2C)CC1. The Balaban J connectivity index is 1.62. The number of aromatic nitrogens is 2. The van der Waals surface area contributed by atoms with Crippen molar-refractivity contribution in [3.05, 3.63) is 69.3 Å². The summed E-state index contributed by atoms with van der Waals surface area (Å²) >= 11 is 0. The summed E-state index contributed by atoms with van der Waals surface area (Å²) in [6.45, 7) is 6.22. The fraction of sp³-hybridized carbons (Fsp3) is 0.387. The van der Waals surface area contributed by atoms with Gasteiger partial charge in [-0.3, -0.25) is 9.36 Å². The molecule has 3 heterocycles. The minimum atomic E-state index is -0.642. The number of anilines is 2. The van der Waals surface area contributed by atoms with Crippen molar-refractivity contribution in [1.82, 2.24) is 15.0 Å². The minimum Gasteiger partial charge on any atom is -0.356 e. The fourth-order valence-corrected chi connectivity index (χ4v) is 5.86. The zero-order chi connectivity index (χ0) is 27.7. The van der Waals surface area contributed by atoms with E-state index in [-0.39, 0.29) is 16.5 Å². The predicted octanol–water partition coefficient (Wildman–Crippen LogP) is 5.08. The molecule has 1 aromatic heterocycles. The van der Waals surface area contributed by atoms with Crippen LogP contribution in [0.25, 0.3) is 17.1 Å². The van der Waals surface area contributed by atoms with Gasteiger partial charge in [0.1, 0.15) is 23.5 Å². The Morgan fingerprint density at radius 1 is 1.21 bits per heavy atom. The van der Waals surface area contributed by atoms with Crippen LogP contribution in [0.4, 0.5) is 15.9 Å². The van der Waals surface area contributed by atoms with Crippen molar-refractivity contribution in [2.45, 2.75) is 52.5 Å². The van der Waals surface area contributed by atoms with Crippen LogP contribution in [-0.4, -0.2) is 29.7 Å². The van der Waals surface area contributed by atoms with E-state index in [9.17, 15) is 14.4 Å². The van der Waals surface area contributed by atoms with Crippen molar-refractivity contribution in [1.29, 1.82) is 5.26 Å². The highest BCUT2D eigenvalue weighted by Gasteiger charge is 2.34. The van der Waals surface area contributed by atoms with Gasteiger partial charge in [-0.1, -0.05) is 13.3 Å². The minimum absolute atomic E-state index is 0.0504. The standard InChI is InChI=1S/C31H33FN6O/c1-5-7-12-31(6-2)13-15-37(16-14-31)28-21(3)30(39)38(25-10-11-27-24(17-25)20-34-36(27)4)29(35-28)22-8-9-23(19-33)26(32)18-22/h1,8-11,17-18,34H,6-7,12-16,20H2,2-4H3. The van der Waals surface area contributed by atoms with Crippen molar-refractivity contribution < 1.29 is 4.39 Å². The molecular formula is C31H33FN6O. The summed E-state index contributed by atoms with van der Waals surface area (Å²) in [4.78, 5) is 21.2. The Kier molecular flexibility index (Phi) is 7.16. The number of hydrazine groups is 1. The van der Waals surface area contributed by atoms with Crippen LogP contribution in [0.2, 0.25) is 0 Å². The average molecular weight is 525 g/mol. The lowest BCUT2D eigenvalue weighted by Gasteiger charge is -2.42. The van der Waals surface area contributed by atoms with E-state index in [1.54, 1.807) is 10.6 Å². The third kappa shape index (κ3) is 4.77. The molecule has 3 aromatic rings. The molecule has 0 spiro atoms. The number of nitrogens with zero attached hydrogens (tertiary/aromatic N) is 5. The molecule has 0 unspecified atom stereocenters. The molecule has 1 N–H and O–H groups in total. The van der Waals surface area contributed by atoms with Gasteiger partial charge in [0, 0.05) is 38.7 Å². The Hall–Kier alpha value is -4.14. The number of terminal acetylenes is 1.